The Morgan fingerprint density at radius 3 is 2.65 bits per heavy atom. The number of ether oxygens (including phenoxy) is 2. The molecule has 0 saturated heterocycles. The van der Waals surface area contributed by atoms with Gasteiger partial charge < -0.3 is 19.4 Å². The number of esters is 1. The minimum atomic E-state index is -0.393. The van der Waals surface area contributed by atoms with Gasteiger partial charge in [0.1, 0.15) is 10.8 Å². The zero-order chi connectivity index (χ0) is 24.1. The zero-order valence-electron chi connectivity index (χ0n) is 19.6. The molecule has 0 saturated carbocycles. The van der Waals surface area contributed by atoms with Gasteiger partial charge in [0.15, 0.2) is 11.0 Å². The number of hydrogen-bond acceptors (Lipinski definition) is 8. The number of carbonyl (C=O) groups is 2. The normalized spacial score (nSPS) is 13.1. The molecule has 0 spiro atoms. The maximum Gasteiger partial charge on any atom is 0.341 e. The second-order valence-electron chi connectivity index (χ2n) is 7.92. The first-order chi connectivity index (χ1) is 16.5. The third-order valence-corrected chi connectivity index (χ3v) is 7.88. The fourth-order valence-corrected chi connectivity index (χ4v) is 6.01. The van der Waals surface area contributed by atoms with Crippen molar-refractivity contribution in [1.29, 1.82) is 0 Å². The molecule has 180 valence electrons. The Morgan fingerprint density at radius 2 is 1.91 bits per heavy atom. The number of aryl methyl sites for hydroxylation is 1. The van der Waals surface area contributed by atoms with Gasteiger partial charge in [0.25, 0.3) is 0 Å². The molecule has 0 fully saturated rings. The average Bonchev–Trinajstić information content (AvgIpc) is 3.28. The van der Waals surface area contributed by atoms with Crippen LogP contribution in [-0.2, 0) is 29.4 Å². The summed E-state index contributed by atoms with van der Waals surface area (Å²) in [6.07, 6.45) is 5.06. The van der Waals surface area contributed by atoms with Gasteiger partial charge in [-0.05, 0) is 62.4 Å². The molecule has 1 aliphatic carbocycles. The molecule has 10 heteroatoms. The van der Waals surface area contributed by atoms with Crippen LogP contribution in [0.3, 0.4) is 0 Å². The van der Waals surface area contributed by atoms with Crippen LogP contribution in [0.1, 0.15) is 47.0 Å². The maximum atomic E-state index is 12.8. The molecule has 1 aromatic carbocycles. The molecule has 8 nitrogen and oxygen atoms in total. The van der Waals surface area contributed by atoms with Crippen LogP contribution < -0.4 is 10.1 Å². The third-order valence-electron chi connectivity index (χ3n) is 5.65. The number of benzene rings is 1. The Labute approximate surface area is 207 Å². The van der Waals surface area contributed by atoms with E-state index in [0.29, 0.717) is 28.2 Å². The zero-order valence-corrected chi connectivity index (χ0v) is 21.2. The lowest BCUT2D eigenvalue weighted by atomic mass is 10.1. The van der Waals surface area contributed by atoms with Gasteiger partial charge in [-0.1, -0.05) is 18.2 Å². The predicted octanol–water partition coefficient (Wildman–Crippen LogP) is 4.73. The van der Waals surface area contributed by atoms with Crippen LogP contribution in [0.15, 0.2) is 29.4 Å². The van der Waals surface area contributed by atoms with Crippen molar-refractivity contribution in [3.63, 3.8) is 0 Å². The van der Waals surface area contributed by atoms with Crippen molar-refractivity contribution in [2.45, 2.75) is 44.2 Å². The summed E-state index contributed by atoms with van der Waals surface area (Å²) in [5, 5.41) is 12.7. The molecule has 3 aromatic rings. The molecule has 1 amide bonds. The summed E-state index contributed by atoms with van der Waals surface area (Å²) in [4.78, 5) is 26.4. The van der Waals surface area contributed by atoms with Crippen molar-refractivity contribution in [2.75, 3.05) is 24.8 Å². The van der Waals surface area contributed by atoms with Crippen molar-refractivity contribution in [3.05, 3.63) is 40.3 Å². The van der Waals surface area contributed by atoms with Gasteiger partial charge in [-0.3, -0.25) is 4.79 Å². The lowest BCUT2D eigenvalue weighted by Gasteiger charge is -2.08. The van der Waals surface area contributed by atoms with Gasteiger partial charge in [0.05, 0.1) is 25.0 Å². The van der Waals surface area contributed by atoms with Crippen molar-refractivity contribution >= 4 is 40.0 Å². The van der Waals surface area contributed by atoms with E-state index >= 15 is 0 Å². The number of methoxy groups -OCH3 is 1. The van der Waals surface area contributed by atoms with Crippen LogP contribution in [-0.4, -0.2) is 46.1 Å². The Bertz CT molecular complexity index is 1170. The smallest absolute Gasteiger partial charge is 0.341 e. The standard InChI is InChI=1S/C24H28N4O4S2/c1-4-32-16-12-10-15(11-13-16)21-26-27-24(28(21)2)33-14-19(29)25-22-20(23(30)31-3)17-8-6-5-7-9-18(17)34-22/h10-13H,4-9,14H2,1-3H3,(H,25,29). The van der Waals surface area contributed by atoms with Gasteiger partial charge in [0.2, 0.25) is 5.91 Å². The monoisotopic (exact) mass is 500 g/mol. The summed E-state index contributed by atoms with van der Waals surface area (Å²) in [5.41, 5.74) is 2.46. The lowest BCUT2D eigenvalue weighted by Crippen LogP contribution is -2.16. The highest BCUT2D eigenvalue weighted by molar-refractivity contribution is 7.99. The first kappa shape index (κ1) is 24.3. The summed E-state index contributed by atoms with van der Waals surface area (Å²) in [7, 11) is 3.25. The van der Waals surface area contributed by atoms with E-state index in [1.807, 2.05) is 42.8 Å². The first-order valence-electron chi connectivity index (χ1n) is 11.3. The fourth-order valence-electron chi connectivity index (χ4n) is 4.00. The Kier molecular flexibility index (Phi) is 7.89. The van der Waals surface area contributed by atoms with E-state index in [0.717, 1.165) is 49.0 Å². The number of fused-ring (bicyclic) bond motifs is 1. The lowest BCUT2D eigenvalue weighted by molar-refractivity contribution is -0.113. The van der Waals surface area contributed by atoms with Gasteiger partial charge in [-0.15, -0.1) is 21.5 Å². The van der Waals surface area contributed by atoms with Crippen molar-refractivity contribution in [1.82, 2.24) is 14.8 Å². The summed E-state index contributed by atoms with van der Waals surface area (Å²) in [5.74, 6) is 1.07. The van der Waals surface area contributed by atoms with Crippen LogP contribution in [0.2, 0.25) is 0 Å². The summed E-state index contributed by atoms with van der Waals surface area (Å²) in [6, 6.07) is 7.67. The highest BCUT2D eigenvalue weighted by atomic mass is 32.2. The second-order valence-corrected chi connectivity index (χ2v) is 9.97. The number of aromatic nitrogens is 3. The number of thiophene rings is 1. The molecular weight excluding hydrogens is 472 g/mol. The Balaban J connectivity index is 1.43. The molecule has 0 unspecified atom stereocenters. The number of amides is 1. The van der Waals surface area contributed by atoms with E-state index in [1.54, 1.807) is 0 Å². The molecule has 2 aromatic heterocycles. The molecule has 1 aliphatic rings. The third kappa shape index (κ3) is 5.28. The molecule has 1 N–H and O–H groups in total. The second kappa shape index (κ2) is 11.1. The molecular formula is C24H28N4O4S2. The van der Waals surface area contributed by atoms with Gasteiger partial charge in [0, 0.05) is 17.5 Å². The number of anilines is 1. The van der Waals surface area contributed by atoms with Crippen molar-refractivity contribution < 1.29 is 19.1 Å². The topological polar surface area (TPSA) is 95.3 Å². The number of nitrogens with zero attached hydrogens (tertiary/aromatic N) is 3. The van der Waals surface area contributed by atoms with E-state index in [9.17, 15) is 9.59 Å². The summed E-state index contributed by atoms with van der Waals surface area (Å²) in [6.45, 7) is 2.56. The number of carbonyl (C=O) groups excluding carboxylic acids is 2. The van der Waals surface area contributed by atoms with E-state index < -0.39 is 5.97 Å². The molecule has 0 aliphatic heterocycles. The number of rotatable bonds is 8. The minimum absolute atomic E-state index is 0.151. The Morgan fingerprint density at radius 1 is 1.15 bits per heavy atom. The van der Waals surface area contributed by atoms with Crippen LogP contribution in [0, 0.1) is 0 Å². The molecule has 0 bridgehead atoms. The number of nitrogens with one attached hydrogen (secondary N) is 1. The predicted molar refractivity (Wildman–Crippen MR) is 134 cm³/mol. The Hall–Kier alpha value is -2.85. The van der Waals surface area contributed by atoms with Crippen LogP contribution >= 0.6 is 23.1 Å². The largest absolute Gasteiger partial charge is 0.494 e. The van der Waals surface area contributed by atoms with Gasteiger partial charge >= 0.3 is 5.97 Å². The molecule has 4 rings (SSSR count). The highest BCUT2D eigenvalue weighted by Crippen LogP contribution is 2.38. The number of hydrogen-bond donors (Lipinski definition) is 1. The molecule has 34 heavy (non-hydrogen) atoms. The molecule has 0 atom stereocenters. The van der Waals surface area contributed by atoms with Crippen LogP contribution in [0.5, 0.6) is 5.75 Å². The van der Waals surface area contributed by atoms with E-state index in [1.165, 1.54) is 35.1 Å². The van der Waals surface area contributed by atoms with E-state index in [4.69, 9.17) is 9.47 Å². The number of thioether (sulfide) groups is 1. The van der Waals surface area contributed by atoms with Crippen LogP contribution in [0.4, 0.5) is 5.00 Å². The quantitative estimate of drug-likeness (QED) is 0.271. The van der Waals surface area contributed by atoms with Crippen molar-refractivity contribution in [3.8, 4) is 17.1 Å². The average molecular weight is 501 g/mol. The van der Waals surface area contributed by atoms with Gasteiger partial charge in [-0.25, -0.2) is 4.79 Å². The van der Waals surface area contributed by atoms with Crippen molar-refractivity contribution in [2.24, 2.45) is 7.05 Å². The summed E-state index contributed by atoms with van der Waals surface area (Å²) < 4.78 is 12.4. The highest BCUT2D eigenvalue weighted by Gasteiger charge is 2.26. The summed E-state index contributed by atoms with van der Waals surface area (Å²) >= 11 is 2.79. The molecule has 0 radical (unpaired) electrons. The van der Waals surface area contributed by atoms with Gasteiger partial charge in [-0.2, -0.15) is 0 Å². The van der Waals surface area contributed by atoms with E-state index in [-0.39, 0.29) is 11.7 Å². The van der Waals surface area contributed by atoms with Crippen LogP contribution in [0.25, 0.3) is 11.4 Å². The maximum absolute atomic E-state index is 12.8. The fraction of sp³-hybridized carbons (Fsp3) is 0.417. The SMILES string of the molecule is CCOc1ccc(-c2nnc(SCC(=O)Nc3sc4c(c3C(=O)OC)CCCCC4)n2C)cc1. The minimum Gasteiger partial charge on any atom is -0.494 e. The first-order valence-corrected chi connectivity index (χ1v) is 13.1. The molecule has 2 heterocycles. The van der Waals surface area contributed by atoms with E-state index in [2.05, 4.69) is 15.5 Å².